The van der Waals surface area contributed by atoms with Crippen LogP contribution in [0.3, 0.4) is 0 Å². The van der Waals surface area contributed by atoms with Gasteiger partial charge in [-0.2, -0.15) is 0 Å². The predicted octanol–water partition coefficient (Wildman–Crippen LogP) is 4.48. The SMILES string of the molecule is CCOC(=O)Cc1ccc(N2C(=O)C(=O)/C(=C(/O)c3cc(Cl)c(OC)cc3OC)C2c2ccccn2)cc1. The van der Waals surface area contributed by atoms with Gasteiger partial charge in [0, 0.05) is 18.0 Å². The van der Waals surface area contributed by atoms with Crippen molar-refractivity contribution in [3.05, 3.63) is 88.2 Å². The van der Waals surface area contributed by atoms with Gasteiger partial charge in [0.2, 0.25) is 0 Å². The fourth-order valence-corrected chi connectivity index (χ4v) is 4.50. The summed E-state index contributed by atoms with van der Waals surface area (Å²) in [4.78, 5) is 44.2. The molecule has 0 bridgehead atoms. The quantitative estimate of drug-likeness (QED) is 0.194. The number of benzene rings is 2. The van der Waals surface area contributed by atoms with Crippen LogP contribution in [0.15, 0.2) is 66.4 Å². The Morgan fingerprint density at radius 3 is 2.37 bits per heavy atom. The number of methoxy groups -OCH3 is 2. The molecule has 196 valence electrons. The van der Waals surface area contributed by atoms with Gasteiger partial charge in [-0.3, -0.25) is 24.3 Å². The number of pyridine rings is 1. The number of amides is 1. The van der Waals surface area contributed by atoms with Crippen LogP contribution < -0.4 is 14.4 Å². The lowest BCUT2D eigenvalue weighted by molar-refractivity contribution is -0.142. The van der Waals surface area contributed by atoms with E-state index in [1.165, 1.54) is 37.4 Å². The molecule has 0 radical (unpaired) electrons. The minimum atomic E-state index is -1.04. The van der Waals surface area contributed by atoms with Gasteiger partial charge in [0.1, 0.15) is 23.3 Å². The molecule has 1 atom stereocenters. The highest BCUT2D eigenvalue weighted by atomic mass is 35.5. The number of esters is 1. The van der Waals surface area contributed by atoms with Crippen molar-refractivity contribution in [1.29, 1.82) is 0 Å². The molecule has 38 heavy (non-hydrogen) atoms. The Hall–Kier alpha value is -4.37. The Balaban J connectivity index is 1.85. The molecular formula is C28H25ClN2O7. The van der Waals surface area contributed by atoms with E-state index in [1.54, 1.807) is 49.4 Å². The van der Waals surface area contributed by atoms with Crippen LogP contribution in [-0.4, -0.2) is 48.6 Å². The van der Waals surface area contributed by atoms with Crippen LogP contribution in [-0.2, 0) is 25.5 Å². The first kappa shape index (κ1) is 26.7. The van der Waals surface area contributed by atoms with E-state index < -0.39 is 23.5 Å². The van der Waals surface area contributed by atoms with E-state index in [9.17, 15) is 19.5 Å². The lowest BCUT2D eigenvalue weighted by atomic mass is 9.97. The third-order valence-electron chi connectivity index (χ3n) is 6.01. The first-order valence-corrected chi connectivity index (χ1v) is 12.1. The maximum absolute atomic E-state index is 13.4. The molecule has 0 aliphatic carbocycles. The molecule has 0 saturated carbocycles. The van der Waals surface area contributed by atoms with Crippen LogP contribution in [0.25, 0.3) is 5.76 Å². The van der Waals surface area contributed by atoms with Gasteiger partial charge >= 0.3 is 5.97 Å². The minimum Gasteiger partial charge on any atom is -0.507 e. The molecule has 2 aromatic carbocycles. The predicted molar refractivity (Wildman–Crippen MR) is 140 cm³/mol. The molecule has 9 nitrogen and oxygen atoms in total. The Morgan fingerprint density at radius 1 is 1.05 bits per heavy atom. The molecule has 1 aliphatic heterocycles. The number of ether oxygens (including phenoxy) is 3. The first-order valence-electron chi connectivity index (χ1n) is 11.7. The highest BCUT2D eigenvalue weighted by Gasteiger charge is 2.48. The number of aliphatic hydroxyl groups is 1. The van der Waals surface area contributed by atoms with E-state index in [0.717, 1.165) is 0 Å². The molecule has 1 N–H and O–H groups in total. The summed E-state index contributed by atoms with van der Waals surface area (Å²) in [5, 5.41) is 11.6. The Bertz CT molecular complexity index is 1400. The maximum Gasteiger partial charge on any atom is 0.310 e. The number of Topliss-reactive ketones (excluding diaryl/α,β-unsaturated/α-hetero) is 1. The van der Waals surface area contributed by atoms with Crippen molar-refractivity contribution in [2.45, 2.75) is 19.4 Å². The second-order valence-corrected chi connectivity index (χ2v) is 8.67. The van der Waals surface area contributed by atoms with Gasteiger partial charge < -0.3 is 19.3 Å². The second kappa shape index (κ2) is 11.4. The van der Waals surface area contributed by atoms with E-state index in [1.807, 2.05) is 0 Å². The molecule has 1 fully saturated rings. The van der Waals surface area contributed by atoms with Crippen LogP contribution in [0.2, 0.25) is 5.02 Å². The van der Waals surface area contributed by atoms with E-state index in [0.29, 0.717) is 22.7 Å². The number of anilines is 1. The van der Waals surface area contributed by atoms with Gasteiger partial charge in [0.15, 0.2) is 0 Å². The zero-order chi connectivity index (χ0) is 27.4. The fourth-order valence-electron chi connectivity index (χ4n) is 4.26. The van der Waals surface area contributed by atoms with Gasteiger partial charge in [-0.15, -0.1) is 0 Å². The number of aromatic nitrogens is 1. The third kappa shape index (κ3) is 5.05. The largest absolute Gasteiger partial charge is 0.507 e. The summed E-state index contributed by atoms with van der Waals surface area (Å²) in [7, 11) is 2.83. The van der Waals surface area contributed by atoms with Gasteiger partial charge in [0.25, 0.3) is 11.7 Å². The molecule has 4 rings (SSSR count). The molecular weight excluding hydrogens is 512 g/mol. The van der Waals surface area contributed by atoms with Gasteiger partial charge in [0.05, 0.1) is 49.1 Å². The lowest BCUT2D eigenvalue weighted by Crippen LogP contribution is -2.29. The summed E-state index contributed by atoms with van der Waals surface area (Å²) >= 11 is 6.30. The Morgan fingerprint density at radius 2 is 1.76 bits per heavy atom. The van der Waals surface area contributed by atoms with E-state index in [2.05, 4.69) is 4.98 Å². The smallest absolute Gasteiger partial charge is 0.310 e. The topological polar surface area (TPSA) is 115 Å². The second-order valence-electron chi connectivity index (χ2n) is 8.26. The van der Waals surface area contributed by atoms with Crippen molar-refractivity contribution in [3.63, 3.8) is 0 Å². The molecule has 1 aliphatic rings. The zero-order valence-corrected chi connectivity index (χ0v) is 21.7. The molecule has 1 saturated heterocycles. The summed E-state index contributed by atoms with van der Waals surface area (Å²) in [5.41, 5.74) is 1.36. The van der Waals surface area contributed by atoms with Gasteiger partial charge in [-0.25, -0.2) is 0 Å². The number of ketones is 1. The van der Waals surface area contributed by atoms with Gasteiger partial charge in [-0.1, -0.05) is 29.8 Å². The molecule has 3 aromatic rings. The number of carbonyl (C=O) groups is 3. The van der Waals surface area contributed by atoms with Crippen molar-refractivity contribution in [3.8, 4) is 11.5 Å². The van der Waals surface area contributed by atoms with E-state index in [-0.39, 0.29) is 40.9 Å². The zero-order valence-electron chi connectivity index (χ0n) is 20.9. The van der Waals surface area contributed by atoms with Crippen LogP contribution in [0, 0.1) is 0 Å². The monoisotopic (exact) mass is 536 g/mol. The highest BCUT2D eigenvalue weighted by Crippen LogP contribution is 2.44. The fraction of sp³-hybridized carbons (Fsp3) is 0.214. The Labute approximate surface area is 224 Å². The number of carbonyl (C=O) groups excluding carboxylic acids is 3. The molecule has 1 amide bonds. The number of nitrogens with zero attached hydrogens (tertiary/aromatic N) is 2. The van der Waals surface area contributed by atoms with Crippen molar-refractivity contribution in [2.24, 2.45) is 0 Å². The van der Waals surface area contributed by atoms with Crippen LogP contribution in [0.4, 0.5) is 5.69 Å². The molecule has 0 spiro atoms. The summed E-state index contributed by atoms with van der Waals surface area (Å²) in [6.07, 6.45) is 1.59. The third-order valence-corrected chi connectivity index (χ3v) is 6.31. The average molecular weight is 537 g/mol. The Kier molecular flexibility index (Phi) is 7.97. The number of aliphatic hydroxyl groups excluding tert-OH is 1. The summed E-state index contributed by atoms with van der Waals surface area (Å²) in [5.74, 6) is -2.09. The first-order chi connectivity index (χ1) is 18.3. The van der Waals surface area contributed by atoms with Crippen molar-refractivity contribution in [2.75, 3.05) is 25.7 Å². The van der Waals surface area contributed by atoms with Crippen molar-refractivity contribution in [1.82, 2.24) is 4.98 Å². The summed E-state index contributed by atoms with van der Waals surface area (Å²) in [6, 6.07) is 13.5. The van der Waals surface area contributed by atoms with Crippen molar-refractivity contribution < 1.29 is 33.7 Å². The van der Waals surface area contributed by atoms with Gasteiger partial charge in [-0.05, 0) is 42.8 Å². The minimum absolute atomic E-state index is 0.0641. The molecule has 1 unspecified atom stereocenters. The van der Waals surface area contributed by atoms with E-state index in [4.69, 9.17) is 25.8 Å². The highest BCUT2D eigenvalue weighted by molar-refractivity contribution is 6.51. The standard InChI is InChI=1S/C28H25ClN2O7/c1-4-38-23(32)13-16-8-10-17(11-9-16)31-25(20-7-5-6-12-30-20)24(27(34)28(31)35)26(33)18-14-19(29)22(37-3)15-21(18)36-2/h5-12,14-15,25,33H,4,13H2,1-3H3/b26-24+. The van der Waals surface area contributed by atoms with E-state index >= 15 is 0 Å². The molecule has 1 aromatic heterocycles. The van der Waals surface area contributed by atoms with Crippen LogP contribution >= 0.6 is 11.6 Å². The average Bonchev–Trinajstić information content (AvgIpc) is 3.19. The summed E-state index contributed by atoms with van der Waals surface area (Å²) < 4.78 is 15.6. The number of halogens is 1. The van der Waals surface area contributed by atoms with Crippen LogP contribution in [0.1, 0.15) is 29.8 Å². The lowest BCUT2D eigenvalue weighted by Gasteiger charge is -2.25. The maximum atomic E-state index is 13.4. The molecule has 10 heteroatoms. The summed E-state index contributed by atoms with van der Waals surface area (Å²) in [6.45, 7) is 2.00. The normalized spacial score (nSPS) is 16.4. The molecule has 2 heterocycles. The number of hydrogen-bond acceptors (Lipinski definition) is 8. The number of rotatable bonds is 8. The van der Waals surface area contributed by atoms with Crippen LogP contribution in [0.5, 0.6) is 11.5 Å². The number of hydrogen-bond donors (Lipinski definition) is 1. The van der Waals surface area contributed by atoms with Crippen molar-refractivity contribution >= 4 is 40.7 Å².